The molecule has 1 aliphatic rings. The Morgan fingerprint density at radius 2 is 2.33 bits per heavy atom. The van der Waals surface area contributed by atoms with Gasteiger partial charge in [0.2, 0.25) is 11.9 Å². The molecular weight excluding hydrogens is 128 g/mol. The monoisotopic (exact) mass is 134 g/mol. The zero-order valence-corrected chi connectivity index (χ0v) is 4.44. The summed E-state index contributed by atoms with van der Waals surface area (Å²) in [5.74, 6) is -3.07. The van der Waals surface area contributed by atoms with Crippen molar-refractivity contribution in [2.45, 2.75) is 11.9 Å². The third-order valence-electron chi connectivity index (χ3n) is 1.13. The molecule has 1 aliphatic heterocycles. The van der Waals surface area contributed by atoms with Crippen molar-refractivity contribution in [1.29, 1.82) is 0 Å². The molecule has 3 N–H and O–H groups in total. The molecule has 1 saturated heterocycles. The number of epoxide rings is 1. The van der Waals surface area contributed by atoms with Gasteiger partial charge in [-0.2, -0.15) is 0 Å². The molecule has 0 aromatic heterocycles. The van der Waals surface area contributed by atoms with Crippen LogP contribution in [0, 0.1) is 0 Å². The lowest BCUT2D eigenvalue weighted by Crippen LogP contribution is -2.23. The maximum Gasteiger partial charge on any atom is 0.338 e. The molecule has 5 nitrogen and oxygen atoms in total. The highest BCUT2D eigenvalue weighted by atomic mass is 16.8. The van der Waals surface area contributed by atoms with E-state index < -0.39 is 24.5 Å². The number of rotatable bonds is 2. The summed E-state index contributed by atoms with van der Waals surface area (Å²) in [6, 6.07) is 0. The molecule has 1 fully saturated rings. The molecule has 2 unspecified atom stereocenters. The van der Waals surface area contributed by atoms with Gasteiger partial charge in [0.15, 0.2) is 0 Å². The van der Waals surface area contributed by atoms with Crippen molar-refractivity contribution in [3.05, 3.63) is 0 Å². The van der Waals surface area contributed by atoms with E-state index in [1.165, 1.54) is 0 Å². The topological polar surface area (TPSA) is 90.3 Å². The fourth-order valence-electron chi connectivity index (χ4n) is 0.534. The van der Waals surface area contributed by atoms with Crippen LogP contribution in [-0.4, -0.2) is 39.8 Å². The highest BCUT2D eigenvalue weighted by Crippen LogP contribution is 2.32. The van der Waals surface area contributed by atoms with E-state index in [2.05, 4.69) is 4.74 Å². The summed E-state index contributed by atoms with van der Waals surface area (Å²) < 4.78 is 4.22. The summed E-state index contributed by atoms with van der Waals surface area (Å²) in [6.45, 7) is -0.677. The van der Waals surface area contributed by atoms with E-state index in [1.807, 2.05) is 0 Å². The van der Waals surface area contributed by atoms with Crippen molar-refractivity contribution in [2.24, 2.45) is 0 Å². The largest absolute Gasteiger partial charge is 0.479 e. The van der Waals surface area contributed by atoms with E-state index in [0.717, 1.165) is 0 Å². The zero-order chi connectivity index (χ0) is 7.07. The second-order valence-corrected chi connectivity index (χ2v) is 1.84. The Morgan fingerprint density at radius 3 is 2.44 bits per heavy atom. The minimum absolute atomic E-state index is 0.677. The first-order valence-electron chi connectivity index (χ1n) is 2.34. The van der Waals surface area contributed by atoms with Gasteiger partial charge in [-0.1, -0.05) is 0 Å². The van der Waals surface area contributed by atoms with Crippen molar-refractivity contribution in [2.75, 3.05) is 6.61 Å². The maximum atomic E-state index is 9.94. The summed E-state index contributed by atoms with van der Waals surface area (Å²) in [6.07, 6.45) is -1.25. The Balaban J connectivity index is 2.48. The minimum atomic E-state index is -1.81. The number of carboxylic acid groups (broad SMARTS) is 1. The van der Waals surface area contributed by atoms with Crippen molar-refractivity contribution in [3.63, 3.8) is 0 Å². The maximum absolute atomic E-state index is 9.94. The molecule has 0 amide bonds. The molecule has 1 heterocycles. The number of carboxylic acids is 1. The molecule has 0 radical (unpaired) electrons. The van der Waals surface area contributed by atoms with Gasteiger partial charge in [-0.05, 0) is 0 Å². The smallest absolute Gasteiger partial charge is 0.338 e. The molecule has 0 spiro atoms. The van der Waals surface area contributed by atoms with E-state index in [0.29, 0.717) is 0 Å². The number of aliphatic carboxylic acids is 1. The van der Waals surface area contributed by atoms with Gasteiger partial charge in [-0.3, -0.25) is 0 Å². The van der Waals surface area contributed by atoms with Crippen LogP contribution in [-0.2, 0) is 9.53 Å². The molecule has 2 atom stereocenters. The molecule has 0 aliphatic carbocycles. The normalized spacial score (nSPS) is 40.4. The van der Waals surface area contributed by atoms with Crippen molar-refractivity contribution >= 4 is 5.97 Å². The first-order chi connectivity index (χ1) is 4.10. The zero-order valence-electron chi connectivity index (χ0n) is 4.44. The Hall–Kier alpha value is -0.650. The Labute approximate surface area is 50.5 Å². The van der Waals surface area contributed by atoms with E-state index in [1.54, 1.807) is 0 Å². The number of ether oxygens (including phenoxy) is 1. The average Bonchev–Trinajstić information content (AvgIpc) is 2.44. The van der Waals surface area contributed by atoms with Crippen LogP contribution in [0.3, 0.4) is 0 Å². The number of hydrogen-bond acceptors (Lipinski definition) is 4. The van der Waals surface area contributed by atoms with Gasteiger partial charge in [0.05, 0.1) is 0 Å². The van der Waals surface area contributed by atoms with Crippen molar-refractivity contribution in [1.82, 2.24) is 0 Å². The fraction of sp³-hybridized carbons (Fsp3) is 0.750. The van der Waals surface area contributed by atoms with Crippen molar-refractivity contribution in [3.8, 4) is 0 Å². The van der Waals surface area contributed by atoms with Crippen LogP contribution >= 0.6 is 0 Å². The highest BCUT2D eigenvalue weighted by molar-refractivity contribution is 5.76. The fourth-order valence-corrected chi connectivity index (χ4v) is 0.534. The predicted octanol–water partition coefficient (Wildman–Crippen LogP) is -1.85. The lowest BCUT2D eigenvalue weighted by atomic mass is 10.3. The van der Waals surface area contributed by atoms with Gasteiger partial charge in [-0.15, -0.1) is 0 Å². The molecule has 0 aromatic carbocycles. The van der Waals surface area contributed by atoms with Crippen LogP contribution in [0.5, 0.6) is 0 Å². The minimum Gasteiger partial charge on any atom is -0.479 e. The second-order valence-electron chi connectivity index (χ2n) is 1.84. The number of hydrogen-bond donors (Lipinski definition) is 3. The van der Waals surface area contributed by atoms with E-state index in [9.17, 15) is 4.79 Å². The van der Waals surface area contributed by atoms with E-state index >= 15 is 0 Å². The lowest BCUT2D eigenvalue weighted by Gasteiger charge is -1.94. The quantitative estimate of drug-likeness (QED) is 0.386. The van der Waals surface area contributed by atoms with Gasteiger partial charge in [0.1, 0.15) is 6.61 Å². The lowest BCUT2D eigenvalue weighted by molar-refractivity contribution is -0.138. The van der Waals surface area contributed by atoms with E-state index in [4.69, 9.17) is 15.3 Å². The summed E-state index contributed by atoms with van der Waals surface area (Å²) in [7, 11) is 0. The van der Waals surface area contributed by atoms with Gasteiger partial charge >= 0.3 is 5.97 Å². The standard InChI is InChI=1S/C4H6O5/c5-1-4(8)2(9-4)3(6)7/h2,5,8H,1H2,(H,6,7). The third-order valence-corrected chi connectivity index (χ3v) is 1.13. The number of aliphatic hydroxyl groups excluding tert-OH is 1. The van der Waals surface area contributed by atoms with Gasteiger partial charge in [-0.25, -0.2) is 4.79 Å². The van der Waals surface area contributed by atoms with Crippen LogP contribution in [0.1, 0.15) is 0 Å². The molecule has 52 valence electrons. The number of carbonyl (C=O) groups is 1. The third kappa shape index (κ3) is 0.893. The van der Waals surface area contributed by atoms with Crippen LogP contribution in [0.25, 0.3) is 0 Å². The molecule has 5 heteroatoms. The molecular formula is C4H6O5. The molecule has 9 heavy (non-hydrogen) atoms. The Bertz CT molecular complexity index is 144. The number of aliphatic hydroxyl groups is 2. The van der Waals surface area contributed by atoms with E-state index in [-0.39, 0.29) is 0 Å². The molecule has 0 aromatic rings. The molecule has 0 bridgehead atoms. The van der Waals surface area contributed by atoms with Crippen LogP contribution in [0.2, 0.25) is 0 Å². The first-order valence-corrected chi connectivity index (χ1v) is 2.34. The average molecular weight is 134 g/mol. The van der Waals surface area contributed by atoms with Gasteiger partial charge in [0.25, 0.3) is 0 Å². The molecule has 0 saturated carbocycles. The van der Waals surface area contributed by atoms with Crippen molar-refractivity contribution < 1.29 is 24.9 Å². The Kier molecular flexibility index (Phi) is 1.20. The van der Waals surface area contributed by atoms with Crippen LogP contribution < -0.4 is 0 Å². The summed E-state index contributed by atoms with van der Waals surface area (Å²) in [5.41, 5.74) is 0. The first kappa shape index (κ1) is 6.47. The Morgan fingerprint density at radius 1 is 1.78 bits per heavy atom. The summed E-state index contributed by atoms with van der Waals surface area (Å²) in [4.78, 5) is 9.94. The SMILES string of the molecule is O=C(O)C1OC1(O)CO. The van der Waals surface area contributed by atoms with Gasteiger partial charge < -0.3 is 20.1 Å². The summed E-state index contributed by atoms with van der Waals surface area (Å²) >= 11 is 0. The molecule has 1 rings (SSSR count). The highest BCUT2D eigenvalue weighted by Gasteiger charge is 2.60. The van der Waals surface area contributed by atoms with Crippen LogP contribution in [0.15, 0.2) is 0 Å². The predicted molar refractivity (Wildman–Crippen MR) is 24.5 cm³/mol. The van der Waals surface area contributed by atoms with Crippen LogP contribution in [0.4, 0.5) is 0 Å². The van der Waals surface area contributed by atoms with Gasteiger partial charge in [0, 0.05) is 0 Å². The summed E-state index contributed by atoms with van der Waals surface area (Å²) in [5, 5.41) is 25.1. The second kappa shape index (κ2) is 1.66.